The molecule has 0 aromatic carbocycles. The quantitative estimate of drug-likeness (QED) is 0.0261. The van der Waals surface area contributed by atoms with E-state index in [0.29, 0.717) is 12.8 Å². The SMILES string of the molecule is CC/C=C\C/C=C\C/C=C\C/C=C\C/C=C\C/C=C\CCCCCCC(=O)OC(COC(=O)CCCCC/C=C\C/C=C\C/C=C\CC)COC(=O)CCCCCCCCCCCCCCC/C=C\C/C=C\CCCCCCC. The first kappa shape index (κ1) is 74.5. The van der Waals surface area contributed by atoms with Gasteiger partial charge in [-0.1, -0.05) is 270 Å². The van der Waals surface area contributed by atoms with Gasteiger partial charge in [0.2, 0.25) is 0 Å². The molecule has 448 valence electrons. The topological polar surface area (TPSA) is 78.9 Å². The van der Waals surface area contributed by atoms with Crippen molar-refractivity contribution in [1.29, 1.82) is 0 Å². The molecular formula is C73H120O6. The van der Waals surface area contributed by atoms with Crippen LogP contribution in [0.15, 0.2) is 134 Å². The molecule has 0 saturated carbocycles. The van der Waals surface area contributed by atoms with Crippen molar-refractivity contribution in [3.8, 4) is 0 Å². The van der Waals surface area contributed by atoms with Crippen LogP contribution in [0, 0.1) is 0 Å². The van der Waals surface area contributed by atoms with Crippen molar-refractivity contribution in [1.82, 2.24) is 0 Å². The molecule has 1 unspecified atom stereocenters. The van der Waals surface area contributed by atoms with E-state index in [2.05, 4.69) is 154 Å². The van der Waals surface area contributed by atoms with Gasteiger partial charge in [-0.05, 0) is 135 Å². The highest BCUT2D eigenvalue weighted by molar-refractivity contribution is 5.71. The molecule has 0 radical (unpaired) electrons. The summed E-state index contributed by atoms with van der Waals surface area (Å²) < 4.78 is 16.9. The van der Waals surface area contributed by atoms with E-state index in [1.165, 1.54) is 109 Å². The normalized spacial score (nSPS) is 13.0. The lowest BCUT2D eigenvalue weighted by molar-refractivity contribution is -0.167. The minimum Gasteiger partial charge on any atom is -0.462 e. The molecule has 0 saturated heterocycles. The van der Waals surface area contributed by atoms with Crippen LogP contribution in [-0.4, -0.2) is 37.2 Å². The van der Waals surface area contributed by atoms with Crippen LogP contribution >= 0.6 is 0 Å². The van der Waals surface area contributed by atoms with Crippen LogP contribution < -0.4 is 0 Å². The second-order valence-corrected chi connectivity index (χ2v) is 21.3. The van der Waals surface area contributed by atoms with Gasteiger partial charge in [-0.15, -0.1) is 0 Å². The van der Waals surface area contributed by atoms with Gasteiger partial charge in [0.05, 0.1) is 0 Å². The Morgan fingerprint density at radius 3 is 0.785 bits per heavy atom. The van der Waals surface area contributed by atoms with Crippen molar-refractivity contribution in [2.45, 2.75) is 297 Å². The van der Waals surface area contributed by atoms with Gasteiger partial charge in [0.15, 0.2) is 6.10 Å². The molecule has 0 aliphatic carbocycles. The van der Waals surface area contributed by atoms with Gasteiger partial charge in [-0.25, -0.2) is 0 Å². The van der Waals surface area contributed by atoms with Gasteiger partial charge in [-0.2, -0.15) is 0 Å². The maximum atomic E-state index is 12.9. The third-order valence-corrected chi connectivity index (χ3v) is 13.6. The Bertz CT molecular complexity index is 1680. The van der Waals surface area contributed by atoms with Crippen LogP contribution in [0.2, 0.25) is 0 Å². The third-order valence-electron chi connectivity index (χ3n) is 13.6. The first-order chi connectivity index (χ1) is 39.0. The average molecular weight is 1090 g/mol. The number of ether oxygens (including phenoxy) is 3. The van der Waals surface area contributed by atoms with Crippen molar-refractivity contribution >= 4 is 17.9 Å². The van der Waals surface area contributed by atoms with Gasteiger partial charge >= 0.3 is 17.9 Å². The van der Waals surface area contributed by atoms with Crippen molar-refractivity contribution < 1.29 is 28.6 Å². The standard InChI is InChI=1S/C73H120O6/c1-4-7-10-13-16-19-22-25-27-29-31-33-35-36-38-39-41-43-45-48-51-54-57-60-63-66-72(75)78-69-70(68-77-71(74)65-62-59-56-53-50-47-24-21-18-15-12-9-6-3)79-73(76)67-64-61-58-55-52-49-46-44-42-40-37-34-32-30-28-26-23-20-17-14-11-8-5-2/h8-9,11-12,17-18,20-22,25-26,28-29,31-32,34,40,42,46-47,49-50,70H,4-7,10,13-16,19,23-24,27,30,33,35-39,41,43-45,48,51-69H2,1-3H3/b11-8-,12-9-,20-17-,21-18-,25-22-,28-26-,31-29-,34-32-,42-40-,49-46-,50-47-. The van der Waals surface area contributed by atoms with E-state index in [-0.39, 0.29) is 37.5 Å². The zero-order chi connectivity index (χ0) is 57.1. The Kier molecular flexibility index (Phi) is 62.3. The van der Waals surface area contributed by atoms with E-state index in [4.69, 9.17) is 14.2 Å². The van der Waals surface area contributed by atoms with Gasteiger partial charge in [0.1, 0.15) is 13.2 Å². The number of unbranched alkanes of at least 4 members (excludes halogenated alkanes) is 25. The van der Waals surface area contributed by atoms with Crippen LogP contribution in [0.4, 0.5) is 0 Å². The van der Waals surface area contributed by atoms with Crippen molar-refractivity contribution in [3.63, 3.8) is 0 Å². The van der Waals surface area contributed by atoms with E-state index in [0.717, 1.165) is 141 Å². The molecular weight excluding hydrogens is 973 g/mol. The second kappa shape index (κ2) is 66.1. The van der Waals surface area contributed by atoms with Crippen LogP contribution in [0.25, 0.3) is 0 Å². The lowest BCUT2D eigenvalue weighted by Crippen LogP contribution is -2.30. The summed E-state index contributed by atoms with van der Waals surface area (Å²) in [4.78, 5) is 38.3. The first-order valence-corrected chi connectivity index (χ1v) is 32.7. The lowest BCUT2D eigenvalue weighted by atomic mass is 10.0. The molecule has 0 N–H and O–H groups in total. The number of allylic oxidation sites excluding steroid dienone is 22. The molecule has 79 heavy (non-hydrogen) atoms. The smallest absolute Gasteiger partial charge is 0.306 e. The van der Waals surface area contributed by atoms with Crippen molar-refractivity contribution in [3.05, 3.63) is 134 Å². The molecule has 0 aromatic rings. The van der Waals surface area contributed by atoms with Crippen LogP contribution in [-0.2, 0) is 28.6 Å². The molecule has 6 nitrogen and oxygen atoms in total. The number of carbonyl (C=O) groups is 3. The maximum Gasteiger partial charge on any atom is 0.306 e. The minimum absolute atomic E-state index is 0.102. The monoisotopic (exact) mass is 1090 g/mol. The Hall–Kier alpha value is -4.45. The molecule has 0 rings (SSSR count). The number of hydrogen-bond acceptors (Lipinski definition) is 6. The number of carbonyl (C=O) groups excluding carboxylic acids is 3. The number of esters is 3. The van der Waals surface area contributed by atoms with Crippen LogP contribution in [0.1, 0.15) is 290 Å². The summed E-state index contributed by atoms with van der Waals surface area (Å²) in [5.41, 5.74) is 0. The molecule has 0 amide bonds. The Balaban J connectivity index is 4.39. The van der Waals surface area contributed by atoms with Gasteiger partial charge in [0.25, 0.3) is 0 Å². The lowest BCUT2D eigenvalue weighted by Gasteiger charge is -2.18. The fourth-order valence-electron chi connectivity index (χ4n) is 8.79. The van der Waals surface area contributed by atoms with E-state index in [9.17, 15) is 14.4 Å². The predicted molar refractivity (Wildman–Crippen MR) is 343 cm³/mol. The minimum atomic E-state index is -0.810. The molecule has 0 spiro atoms. The highest BCUT2D eigenvalue weighted by Crippen LogP contribution is 2.15. The van der Waals surface area contributed by atoms with Gasteiger partial charge < -0.3 is 14.2 Å². The van der Waals surface area contributed by atoms with E-state index >= 15 is 0 Å². The summed E-state index contributed by atoms with van der Waals surface area (Å²) in [7, 11) is 0. The van der Waals surface area contributed by atoms with E-state index in [1.807, 2.05) is 0 Å². The number of hydrogen-bond donors (Lipinski definition) is 0. The Morgan fingerprint density at radius 2 is 0.494 bits per heavy atom. The Morgan fingerprint density at radius 1 is 0.266 bits per heavy atom. The highest BCUT2D eigenvalue weighted by atomic mass is 16.6. The summed E-state index contributed by atoms with van der Waals surface area (Å²) in [5, 5.41) is 0. The fraction of sp³-hybridized carbons (Fsp3) is 0.658. The zero-order valence-corrected chi connectivity index (χ0v) is 51.3. The van der Waals surface area contributed by atoms with Crippen molar-refractivity contribution in [2.75, 3.05) is 13.2 Å². The molecule has 0 aliphatic heterocycles. The molecule has 0 aliphatic rings. The predicted octanol–water partition coefficient (Wildman–Crippen LogP) is 22.5. The van der Waals surface area contributed by atoms with E-state index in [1.54, 1.807) is 0 Å². The molecule has 6 heteroatoms. The maximum absolute atomic E-state index is 12.9. The molecule has 1 atom stereocenters. The summed E-state index contributed by atoms with van der Waals surface area (Å²) >= 11 is 0. The first-order valence-electron chi connectivity index (χ1n) is 32.7. The van der Waals surface area contributed by atoms with Crippen LogP contribution in [0.3, 0.4) is 0 Å². The largest absolute Gasteiger partial charge is 0.462 e. The summed E-state index contributed by atoms with van der Waals surface area (Å²) in [6, 6.07) is 0. The third kappa shape index (κ3) is 64.3. The van der Waals surface area contributed by atoms with Gasteiger partial charge in [0, 0.05) is 19.3 Å². The van der Waals surface area contributed by atoms with Crippen LogP contribution in [0.5, 0.6) is 0 Å². The summed E-state index contributed by atoms with van der Waals surface area (Å²) in [5.74, 6) is -0.956. The van der Waals surface area contributed by atoms with E-state index < -0.39 is 6.10 Å². The zero-order valence-electron chi connectivity index (χ0n) is 51.3. The Labute approximate surface area is 487 Å². The molecule has 0 heterocycles. The number of rotatable bonds is 58. The van der Waals surface area contributed by atoms with Crippen molar-refractivity contribution in [2.24, 2.45) is 0 Å². The fourth-order valence-corrected chi connectivity index (χ4v) is 8.79. The molecule has 0 bridgehead atoms. The molecule has 0 aromatic heterocycles. The highest BCUT2D eigenvalue weighted by Gasteiger charge is 2.19. The summed E-state index contributed by atoms with van der Waals surface area (Å²) in [6.07, 6.45) is 93.2. The van der Waals surface area contributed by atoms with Gasteiger partial charge in [-0.3, -0.25) is 14.4 Å². The second-order valence-electron chi connectivity index (χ2n) is 21.3. The molecule has 0 fully saturated rings. The average Bonchev–Trinajstić information content (AvgIpc) is 3.45. The summed E-state index contributed by atoms with van der Waals surface area (Å²) in [6.45, 7) is 6.37.